The third kappa shape index (κ3) is 5.32. The highest BCUT2D eigenvalue weighted by Gasteiger charge is 2.36. The van der Waals surface area contributed by atoms with Crippen molar-refractivity contribution in [2.75, 3.05) is 18.4 Å². The summed E-state index contributed by atoms with van der Waals surface area (Å²) in [6.45, 7) is 1.23. The van der Waals surface area contributed by atoms with Crippen molar-refractivity contribution in [1.82, 2.24) is 15.8 Å². The Labute approximate surface area is 169 Å². The number of nitrogens with zero attached hydrogens (tertiary/aromatic N) is 1. The number of hydrogen-bond donors (Lipinski definition) is 3. The Bertz CT molecular complexity index is 752. The number of nitrogens with one attached hydrogen (secondary N) is 3. The average Bonchev–Trinajstić information content (AvgIpc) is 3.35. The highest BCUT2D eigenvalue weighted by Crippen LogP contribution is 2.33. The fraction of sp³-hybridized carbons (Fsp3) is 0.471. The Morgan fingerprint density at radius 3 is 2.63 bits per heavy atom. The molecule has 0 aromatic heterocycles. The van der Waals surface area contributed by atoms with Crippen molar-refractivity contribution in [3.05, 3.63) is 27.4 Å². The number of hydrogen-bond acceptors (Lipinski definition) is 3. The highest BCUT2D eigenvalue weighted by molar-refractivity contribution is 9.10. The number of hydrazine groups is 1. The molecule has 1 heterocycles. The molecule has 1 atom stereocenters. The molecular weight excluding hydrogens is 443 g/mol. The summed E-state index contributed by atoms with van der Waals surface area (Å²) in [6, 6.07) is 1.78. The smallest absolute Gasteiger partial charge is 0.338 e. The number of carbonyl (C=O) groups is 3. The molecular formula is C17H19BrClFN4O3. The lowest BCUT2D eigenvalue weighted by molar-refractivity contribution is -0.132. The highest BCUT2D eigenvalue weighted by atomic mass is 79.9. The van der Waals surface area contributed by atoms with Crippen molar-refractivity contribution in [2.45, 2.75) is 25.7 Å². The van der Waals surface area contributed by atoms with E-state index in [1.54, 1.807) is 0 Å². The van der Waals surface area contributed by atoms with Crippen LogP contribution >= 0.6 is 27.5 Å². The van der Waals surface area contributed by atoms with E-state index in [4.69, 9.17) is 11.6 Å². The van der Waals surface area contributed by atoms with E-state index in [2.05, 4.69) is 32.1 Å². The topological polar surface area (TPSA) is 90.5 Å². The molecule has 1 aromatic rings. The third-order valence-electron chi connectivity index (χ3n) is 4.56. The van der Waals surface area contributed by atoms with Crippen LogP contribution in [0.2, 0.25) is 5.02 Å². The lowest BCUT2D eigenvalue weighted by atomic mass is 10.1. The summed E-state index contributed by atoms with van der Waals surface area (Å²) in [7, 11) is 0. The molecule has 1 aliphatic carbocycles. The van der Waals surface area contributed by atoms with Gasteiger partial charge in [-0.05, 0) is 37.3 Å². The Morgan fingerprint density at radius 2 is 1.96 bits per heavy atom. The van der Waals surface area contributed by atoms with E-state index in [1.165, 1.54) is 6.07 Å². The molecule has 2 fully saturated rings. The van der Waals surface area contributed by atoms with Gasteiger partial charge in [0.2, 0.25) is 11.8 Å². The van der Waals surface area contributed by atoms with Gasteiger partial charge in [-0.25, -0.2) is 14.6 Å². The minimum absolute atomic E-state index is 0.0229. The van der Waals surface area contributed by atoms with Gasteiger partial charge in [0, 0.05) is 29.9 Å². The molecule has 0 spiro atoms. The lowest BCUT2D eigenvalue weighted by Crippen LogP contribution is -2.44. The van der Waals surface area contributed by atoms with Gasteiger partial charge in [0.05, 0.1) is 10.7 Å². The number of urea groups is 1. The summed E-state index contributed by atoms with van der Waals surface area (Å²) >= 11 is 8.98. The zero-order valence-electron chi connectivity index (χ0n) is 14.4. The maximum absolute atomic E-state index is 13.8. The number of carbonyl (C=O) groups excluding carboxylic acids is 3. The molecule has 1 saturated carbocycles. The molecule has 1 aliphatic heterocycles. The summed E-state index contributed by atoms with van der Waals surface area (Å²) in [5.74, 6) is -0.658. The first-order valence-corrected chi connectivity index (χ1v) is 9.79. The molecule has 7 nitrogen and oxygen atoms in total. The first kappa shape index (κ1) is 19.9. The number of rotatable bonds is 4. The second-order valence-corrected chi connectivity index (χ2v) is 8.11. The van der Waals surface area contributed by atoms with E-state index < -0.39 is 11.8 Å². The molecule has 1 saturated heterocycles. The Balaban J connectivity index is 1.41. The quantitative estimate of drug-likeness (QED) is 0.602. The normalized spacial score (nSPS) is 18.9. The van der Waals surface area contributed by atoms with Crippen LogP contribution in [0, 0.1) is 17.7 Å². The van der Waals surface area contributed by atoms with Crippen molar-refractivity contribution in [1.29, 1.82) is 0 Å². The average molecular weight is 462 g/mol. The van der Waals surface area contributed by atoms with Crippen LogP contribution in [0.15, 0.2) is 16.6 Å². The van der Waals surface area contributed by atoms with Crippen molar-refractivity contribution in [3.63, 3.8) is 0 Å². The van der Waals surface area contributed by atoms with Gasteiger partial charge >= 0.3 is 6.03 Å². The zero-order chi connectivity index (χ0) is 19.6. The molecule has 4 amide bonds. The van der Waals surface area contributed by atoms with E-state index in [0.29, 0.717) is 17.6 Å². The summed E-state index contributed by atoms with van der Waals surface area (Å²) in [5.41, 5.74) is 4.27. The van der Waals surface area contributed by atoms with Crippen LogP contribution in [0.5, 0.6) is 0 Å². The largest absolute Gasteiger partial charge is 0.342 e. The molecule has 10 heteroatoms. The van der Waals surface area contributed by atoms with Gasteiger partial charge in [0.15, 0.2) is 0 Å². The predicted molar refractivity (Wildman–Crippen MR) is 101 cm³/mol. The van der Waals surface area contributed by atoms with Crippen LogP contribution in [-0.2, 0) is 9.59 Å². The van der Waals surface area contributed by atoms with Crippen LogP contribution in [-0.4, -0.2) is 35.8 Å². The predicted octanol–water partition coefficient (Wildman–Crippen LogP) is 3.04. The van der Waals surface area contributed by atoms with Gasteiger partial charge in [-0.3, -0.25) is 15.0 Å². The van der Waals surface area contributed by atoms with Gasteiger partial charge in [-0.15, -0.1) is 0 Å². The van der Waals surface area contributed by atoms with Crippen LogP contribution in [0.4, 0.5) is 14.9 Å². The van der Waals surface area contributed by atoms with E-state index in [0.717, 1.165) is 25.3 Å². The molecule has 3 N–H and O–H groups in total. The Morgan fingerprint density at radius 1 is 1.22 bits per heavy atom. The number of benzene rings is 1. The monoisotopic (exact) mass is 460 g/mol. The minimum atomic E-state index is -0.816. The molecule has 2 aliphatic rings. The Hall–Kier alpha value is -1.87. The maximum atomic E-state index is 13.8. The standard InChI is InChI=1S/C17H19BrClFN4O3/c18-11-6-12(19)15(13(20)7-11)21-17(27)23-22-14(25)5-9-3-4-24(8-9)16(26)10-1-2-10/h6-7,9-10H,1-5,8H2,(H,22,25)(H2,21,23,27)/t9-/m0/s1. The van der Waals surface area contributed by atoms with Crippen molar-refractivity contribution in [3.8, 4) is 0 Å². The van der Waals surface area contributed by atoms with Gasteiger partial charge < -0.3 is 10.2 Å². The van der Waals surface area contributed by atoms with E-state index in [1.807, 2.05) is 4.90 Å². The van der Waals surface area contributed by atoms with Gasteiger partial charge in [-0.2, -0.15) is 0 Å². The molecule has 0 bridgehead atoms. The Kier molecular flexibility index (Phi) is 6.21. The lowest BCUT2D eigenvalue weighted by Gasteiger charge is -2.16. The molecule has 3 rings (SSSR count). The number of amides is 4. The summed E-state index contributed by atoms with van der Waals surface area (Å²) in [4.78, 5) is 37.7. The zero-order valence-corrected chi connectivity index (χ0v) is 16.7. The molecule has 1 aromatic carbocycles. The van der Waals surface area contributed by atoms with Gasteiger partial charge in [0.25, 0.3) is 0 Å². The first-order chi connectivity index (χ1) is 12.8. The van der Waals surface area contributed by atoms with Crippen molar-refractivity contribution in [2.24, 2.45) is 11.8 Å². The van der Waals surface area contributed by atoms with E-state index >= 15 is 0 Å². The minimum Gasteiger partial charge on any atom is -0.342 e. The van der Waals surface area contributed by atoms with Crippen LogP contribution in [0.3, 0.4) is 0 Å². The number of likely N-dealkylation sites (tertiary alicyclic amines) is 1. The summed E-state index contributed by atoms with van der Waals surface area (Å²) in [6.07, 6.45) is 2.88. The molecule has 27 heavy (non-hydrogen) atoms. The van der Waals surface area contributed by atoms with Crippen molar-refractivity contribution < 1.29 is 18.8 Å². The van der Waals surface area contributed by atoms with Crippen molar-refractivity contribution >= 4 is 51.1 Å². The molecule has 0 unspecified atom stereocenters. The van der Waals surface area contributed by atoms with E-state index in [9.17, 15) is 18.8 Å². The SMILES string of the molecule is O=C(C[C@@H]1CCN(C(=O)C2CC2)C1)NNC(=O)Nc1c(F)cc(Br)cc1Cl. The molecule has 0 radical (unpaired) electrons. The van der Waals surface area contributed by atoms with E-state index in [-0.39, 0.29) is 40.8 Å². The van der Waals surface area contributed by atoms with Crippen LogP contribution in [0.25, 0.3) is 0 Å². The number of anilines is 1. The second-order valence-electron chi connectivity index (χ2n) is 6.79. The fourth-order valence-corrected chi connectivity index (χ4v) is 3.85. The first-order valence-electron chi connectivity index (χ1n) is 8.62. The summed E-state index contributed by atoms with van der Waals surface area (Å²) < 4.78 is 14.3. The number of halogens is 3. The second kappa shape index (κ2) is 8.43. The van der Waals surface area contributed by atoms with Crippen LogP contribution in [0.1, 0.15) is 25.7 Å². The van der Waals surface area contributed by atoms with Gasteiger partial charge in [-0.1, -0.05) is 27.5 Å². The summed E-state index contributed by atoms with van der Waals surface area (Å²) in [5, 5.41) is 2.27. The fourth-order valence-electron chi connectivity index (χ4n) is 3.03. The van der Waals surface area contributed by atoms with Crippen LogP contribution < -0.4 is 16.2 Å². The molecule has 146 valence electrons. The van der Waals surface area contributed by atoms with Gasteiger partial charge in [0.1, 0.15) is 5.82 Å². The third-order valence-corrected chi connectivity index (χ3v) is 5.31. The maximum Gasteiger partial charge on any atom is 0.338 e.